The maximum absolute atomic E-state index is 11.4. The van der Waals surface area contributed by atoms with Crippen LogP contribution in [0.25, 0.3) is 0 Å². The van der Waals surface area contributed by atoms with Crippen molar-refractivity contribution in [3.8, 4) is 0 Å². The van der Waals surface area contributed by atoms with E-state index in [2.05, 4.69) is 0 Å². The fourth-order valence-electron chi connectivity index (χ4n) is 2.49. The van der Waals surface area contributed by atoms with E-state index in [9.17, 15) is 26.9 Å². The normalized spacial score (nSPS) is 19.1. The topological polar surface area (TPSA) is 153 Å². The van der Waals surface area contributed by atoms with E-state index in [1.165, 1.54) is 17.0 Å². The molecule has 1 aromatic carbocycles. The van der Waals surface area contributed by atoms with E-state index in [0.29, 0.717) is 6.54 Å². The van der Waals surface area contributed by atoms with E-state index in [1.54, 1.807) is 11.9 Å². The Morgan fingerprint density at radius 3 is 2.72 bits per heavy atom. The predicted octanol–water partition coefficient (Wildman–Crippen LogP) is -1.09. The Labute approximate surface area is 146 Å². The number of primary sulfonamides is 1. The summed E-state index contributed by atoms with van der Waals surface area (Å²) < 4.78 is 50.1. The lowest BCUT2D eigenvalue weighted by Crippen LogP contribution is -2.50. The minimum absolute atomic E-state index is 0.129. The van der Waals surface area contributed by atoms with Crippen LogP contribution in [0.4, 0.5) is 11.4 Å². The number of thiol groups is 1. The second-order valence-electron chi connectivity index (χ2n) is 5.44. The molecule has 1 aromatic rings. The SMILES string of the molecule is CN(c1ccc(S(N)(=O)=O)cc1[N+](=O)[O-])C1CN(C[SH](=O)=O)CCO1. The van der Waals surface area contributed by atoms with E-state index in [0.717, 1.165) is 6.07 Å². The lowest BCUT2D eigenvalue weighted by molar-refractivity contribution is -0.384. The number of likely N-dealkylation sites (N-methyl/N-ethyl adjacent to an activating group) is 1. The van der Waals surface area contributed by atoms with Crippen molar-refractivity contribution in [2.75, 3.05) is 37.5 Å². The minimum atomic E-state index is -4.08. The summed E-state index contributed by atoms with van der Waals surface area (Å²) in [7, 11) is -5.12. The van der Waals surface area contributed by atoms with Gasteiger partial charge < -0.3 is 9.64 Å². The molecule has 0 bridgehead atoms. The fourth-order valence-corrected chi connectivity index (χ4v) is 3.61. The van der Waals surface area contributed by atoms with Gasteiger partial charge in [-0.05, 0) is 12.1 Å². The number of rotatable bonds is 6. The number of benzene rings is 1. The van der Waals surface area contributed by atoms with Crippen molar-refractivity contribution in [1.29, 1.82) is 0 Å². The molecule has 2 N–H and O–H groups in total. The van der Waals surface area contributed by atoms with Crippen molar-refractivity contribution in [3.05, 3.63) is 28.3 Å². The summed E-state index contributed by atoms with van der Waals surface area (Å²) >= 11 is 0. The molecule has 1 saturated heterocycles. The molecule has 1 heterocycles. The molecule has 1 aliphatic rings. The first kappa shape index (κ1) is 19.5. The van der Waals surface area contributed by atoms with Gasteiger partial charge in [-0.25, -0.2) is 22.0 Å². The van der Waals surface area contributed by atoms with E-state index in [1.807, 2.05) is 0 Å². The molecule has 140 valence electrons. The van der Waals surface area contributed by atoms with Gasteiger partial charge >= 0.3 is 0 Å². The van der Waals surface area contributed by atoms with Crippen LogP contribution in [-0.2, 0) is 25.5 Å². The van der Waals surface area contributed by atoms with Crippen molar-refractivity contribution in [2.24, 2.45) is 5.14 Å². The third-order valence-electron chi connectivity index (χ3n) is 3.73. The molecule has 2 rings (SSSR count). The summed E-state index contributed by atoms with van der Waals surface area (Å²) in [5.74, 6) is -0.129. The fraction of sp³-hybridized carbons (Fsp3) is 0.500. The lowest BCUT2D eigenvalue weighted by atomic mass is 10.2. The molecule has 0 spiro atoms. The van der Waals surface area contributed by atoms with Crippen LogP contribution < -0.4 is 10.0 Å². The second kappa shape index (κ2) is 7.61. The molecule has 25 heavy (non-hydrogen) atoms. The Hall–Kier alpha value is -1.80. The molecular weight excluding hydrogens is 376 g/mol. The van der Waals surface area contributed by atoms with Crippen molar-refractivity contribution in [2.45, 2.75) is 11.1 Å². The Morgan fingerprint density at radius 1 is 1.48 bits per heavy atom. The maximum Gasteiger partial charge on any atom is 0.293 e. The molecule has 0 saturated carbocycles. The maximum atomic E-state index is 11.4. The number of nitrogens with two attached hydrogens (primary N) is 1. The molecule has 1 unspecified atom stereocenters. The number of anilines is 1. The Bertz CT molecular complexity index is 832. The third kappa shape index (κ3) is 4.85. The van der Waals surface area contributed by atoms with Crippen LogP contribution in [0, 0.1) is 10.1 Å². The quantitative estimate of drug-likeness (QED) is 0.348. The number of nitro groups is 1. The highest BCUT2D eigenvalue weighted by atomic mass is 32.2. The highest BCUT2D eigenvalue weighted by Crippen LogP contribution is 2.31. The van der Waals surface area contributed by atoms with Gasteiger partial charge in [0.15, 0.2) is 10.7 Å². The van der Waals surface area contributed by atoms with E-state index in [4.69, 9.17) is 9.88 Å². The predicted molar refractivity (Wildman–Crippen MR) is 89.4 cm³/mol. The Balaban J connectivity index is 2.31. The van der Waals surface area contributed by atoms with Gasteiger partial charge in [-0.1, -0.05) is 0 Å². The van der Waals surface area contributed by atoms with Crippen LogP contribution in [0.5, 0.6) is 0 Å². The molecule has 0 aromatic heterocycles. The summed E-state index contributed by atoms with van der Waals surface area (Å²) in [4.78, 5) is 13.3. The molecule has 0 aliphatic carbocycles. The van der Waals surface area contributed by atoms with Crippen LogP contribution in [0.2, 0.25) is 0 Å². The summed E-state index contributed by atoms with van der Waals surface area (Å²) in [5, 5.41) is 16.3. The second-order valence-corrected chi connectivity index (χ2v) is 7.95. The van der Waals surface area contributed by atoms with Crippen LogP contribution in [0.15, 0.2) is 23.1 Å². The molecule has 13 heteroatoms. The average Bonchev–Trinajstić information content (AvgIpc) is 2.52. The Morgan fingerprint density at radius 2 is 2.16 bits per heavy atom. The number of hydrogen-bond donors (Lipinski definition) is 2. The van der Waals surface area contributed by atoms with Gasteiger partial charge in [-0.2, -0.15) is 0 Å². The monoisotopic (exact) mass is 394 g/mol. The molecule has 1 fully saturated rings. The number of sulfonamides is 1. The number of ether oxygens (including phenoxy) is 1. The summed E-state index contributed by atoms with van der Waals surface area (Å²) in [6, 6.07) is 3.33. The molecule has 0 amide bonds. The summed E-state index contributed by atoms with van der Waals surface area (Å²) in [6.45, 7) is 0.926. The van der Waals surface area contributed by atoms with Gasteiger partial charge in [0, 0.05) is 26.2 Å². The summed E-state index contributed by atoms with van der Waals surface area (Å²) in [5.41, 5.74) is -0.305. The van der Waals surface area contributed by atoms with Gasteiger partial charge in [-0.3, -0.25) is 15.0 Å². The first-order valence-corrected chi connectivity index (χ1v) is 10.0. The van der Waals surface area contributed by atoms with Gasteiger partial charge in [0.2, 0.25) is 10.0 Å². The first-order valence-electron chi connectivity index (χ1n) is 7.09. The zero-order valence-corrected chi connectivity index (χ0v) is 15.0. The number of nitrogens with zero attached hydrogens (tertiary/aromatic N) is 3. The van der Waals surface area contributed by atoms with Gasteiger partial charge in [0.25, 0.3) is 5.69 Å². The zero-order valence-electron chi connectivity index (χ0n) is 13.3. The third-order valence-corrected chi connectivity index (χ3v) is 5.27. The van der Waals surface area contributed by atoms with E-state index >= 15 is 0 Å². The van der Waals surface area contributed by atoms with Crippen LogP contribution in [0.3, 0.4) is 0 Å². The van der Waals surface area contributed by atoms with Gasteiger partial charge in [0.1, 0.15) is 11.9 Å². The molecular formula is C12H18N4O7S2. The number of morpholine rings is 1. The van der Waals surface area contributed by atoms with Crippen molar-refractivity contribution in [3.63, 3.8) is 0 Å². The molecule has 1 atom stereocenters. The average molecular weight is 394 g/mol. The minimum Gasteiger partial charge on any atom is -0.356 e. The lowest BCUT2D eigenvalue weighted by Gasteiger charge is -2.37. The van der Waals surface area contributed by atoms with Gasteiger partial charge in [-0.15, -0.1) is 0 Å². The van der Waals surface area contributed by atoms with E-state index in [-0.39, 0.29) is 29.6 Å². The first-order chi connectivity index (χ1) is 11.6. The van der Waals surface area contributed by atoms with Gasteiger partial charge in [0.05, 0.1) is 22.3 Å². The molecule has 11 nitrogen and oxygen atoms in total. The Kier molecular flexibility index (Phi) is 5.95. The standard InChI is InChI=1S/C12H18N4O7S2/c1-14(12-7-15(4-5-23-12)8-24(19)20)10-3-2-9(25(13,21)22)6-11(10)16(17)18/h2-3,6,12,24H,4-5,7-8H2,1H3,(H2,13,21,22). The van der Waals surface area contributed by atoms with Crippen LogP contribution >= 0.6 is 0 Å². The van der Waals surface area contributed by atoms with Crippen LogP contribution in [0.1, 0.15) is 0 Å². The zero-order chi connectivity index (χ0) is 18.8. The molecule has 1 aliphatic heterocycles. The summed E-state index contributed by atoms with van der Waals surface area (Å²) in [6.07, 6.45) is -0.622. The molecule has 0 radical (unpaired) electrons. The van der Waals surface area contributed by atoms with Crippen LogP contribution in [-0.4, -0.2) is 65.5 Å². The van der Waals surface area contributed by atoms with E-state index < -0.39 is 37.6 Å². The van der Waals surface area contributed by atoms with Crippen molar-refractivity contribution < 1.29 is 26.5 Å². The number of hydrogen-bond acceptors (Lipinski definition) is 9. The van der Waals surface area contributed by atoms with Crippen molar-refractivity contribution >= 4 is 32.1 Å². The highest BCUT2D eigenvalue weighted by Gasteiger charge is 2.29. The highest BCUT2D eigenvalue weighted by molar-refractivity contribution is 7.89. The van der Waals surface area contributed by atoms with Crippen molar-refractivity contribution in [1.82, 2.24) is 4.90 Å². The number of nitro benzene ring substituents is 1. The largest absolute Gasteiger partial charge is 0.356 e. The smallest absolute Gasteiger partial charge is 0.293 e.